The van der Waals surface area contributed by atoms with E-state index in [1.54, 1.807) is 18.7 Å². The zero-order chi connectivity index (χ0) is 17.5. The molecule has 1 amide bonds. The zero-order valence-electron chi connectivity index (χ0n) is 14.1. The molecule has 1 saturated carbocycles. The summed E-state index contributed by atoms with van der Waals surface area (Å²) in [6.45, 7) is 0. The topological polar surface area (TPSA) is 119 Å². The van der Waals surface area contributed by atoms with Gasteiger partial charge in [0, 0.05) is 20.2 Å². The molecule has 1 aliphatic carbocycles. The second kappa shape index (κ2) is 8.39. The quantitative estimate of drug-likeness (QED) is 0.775. The van der Waals surface area contributed by atoms with Gasteiger partial charge < -0.3 is 20.7 Å². The summed E-state index contributed by atoms with van der Waals surface area (Å²) in [6.07, 6.45) is 10.5. The minimum Gasteiger partial charge on any atom is -0.400 e. The Bertz CT molecular complexity index is 679. The van der Waals surface area contributed by atoms with E-state index >= 15 is 0 Å². The summed E-state index contributed by atoms with van der Waals surface area (Å²) in [4.78, 5) is 25.0. The molecule has 4 N–H and O–H groups in total. The summed E-state index contributed by atoms with van der Waals surface area (Å²) in [6, 6.07) is 0.211. The number of aliphatic hydroxyl groups is 1. The molecule has 2 aromatic rings. The fourth-order valence-corrected chi connectivity index (χ4v) is 2.79. The minimum atomic E-state index is -0.249. The van der Waals surface area contributed by atoms with Crippen LogP contribution in [0.4, 0.5) is 5.82 Å². The SMILES string of the molecule is CO.Cn1cncc1-c1cnc(N)c(C(=O)NC2CCCCC2)n1. The zero-order valence-corrected chi connectivity index (χ0v) is 14.1. The van der Waals surface area contributed by atoms with Crippen LogP contribution in [0.2, 0.25) is 0 Å². The number of nitrogen functional groups attached to an aromatic ring is 1. The molecule has 0 aromatic carbocycles. The second-order valence-corrected chi connectivity index (χ2v) is 5.69. The van der Waals surface area contributed by atoms with Crippen LogP contribution in [0.1, 0.15) is 42.6 Å². The monoisotopic (exact) mass is 332 g/mol. The Morgan fingerprint density at radius 3 is 2.62 bits per heavy atom. The first-order valence-electron chi connectivity index (χ1n) is 8.00. The molecule has 2 aromatic heterocycles. The van der Waals surface area contributed by atoms with E-state index in [1.165, 1.54) is 6.42 Å². The predicted molar refractivity (Wildman–Crippen MR) is 91.1 cm³/mol. The third-order valence-corrected chi connectivity index (χ3v) is 4.04. The summed E-state index contributed by atoms with van der Waals surface area (Å²) in [7, 11) is 2.86. The number of hydrogen-bond acceptors (Lipinski definition) is 6. The van der Waals surface area contributed by atoms with E-state index in [4.69, 9.17) is 10.8 Å². The highest BCUT2D eigenvalue weighted by atomic mass is 16.2. The number of nitrogens with one attached hydrogen (secondary N) is 1. The molecular weight excluding hydrogens is 308 g/mol. The molecule has 2 heterocycles. The van der Waals surface area contributed by atoms with Crippen molar-refractivity contribution in [2.24, 2.45) is 7.05 Å². The number of aryl methyl sites for hydroxylation is 1. The lowest BCUT2D eigenvalue weighted by Gasteiger charge is -2.22. The number of aliphatic hydroxyl groups excluding tert-OH is 1. The number of rotatable bonds is 3. The lowest BCUT2D eigenvalue weighted by molar-refractivity contribution is 0.0923. The number of anilines is 1. The Labute approximate surface area is 141 Å². The van der Waals surface area contributed by atoms with E-state index in [9.17, 15) is 4.79 Å². The van der Waals surface area contributed by atoms with Crippen molar-refractivity contribution in [2.45, 2.75) is 38.1 Å². The number of carbonyl (C=O) groups excluding carboxylic acids is 1. The first-order chi connectivity index (χ1) is 11.6. The largest absolute Gasteiger partial charge is 0.400 e. The van der Waals surface area contributed by atoms with Gasteiger partial charge in [-0.3, -0.25) is 4.79 Å². The van der Waals surface area contributed by atoms with E-state index in [-0.39, 0.29) is 23.5 Å². The molecule has 8 nitrogen and oxygen atoms in total. The number of aromatic nitrogens is 4. The van der Waals surface area contributed by atoms with Gasteiger partial charge in [-0.1, -0.05) is 19.3 Å². The summed E-state index contributed by atoms with van der Waals surface area (Å²) in [5.74, 6) is -0.0971. The van der Waals surface area contributed by atoms with Gasteiger partial charge in [0.1, 0.15) is 5.69 Å². The van der Waals surface area contributed by atoms with E-state index in [2.05, 4.69) is 20.3 Å². The van der Waals surface area contributed by atoms with Gasteiger partial charge in [-0.2, -0.15) is 0 Å². The van der Waals surface area contributed by atoms with Gasteiger partial charge in [0.05, 0.1) is 24.4 Å². The Morgan fingerprint density at radius 2 is 2.00 bits per heavy atom. The number of nitrogens with two attached hydrogens (primary N) is 1. The van der Waals surface area contributed by atoms with Crippen LogP contribution in [0, 0.1) is 0 Å². The van der Waals surface area contributed by atoms with Gasteiger partial charge in [-0.25, -0.2) is 15.0 Å². The summed E-state index contributed by atoms with van der Waals surface area (Å²) >= 11 is 0. The summed E-state index contributed by atoms with van der Waals surface area (Å²) in [5, 5.41) is 10.0. The maximum atomic E-state index is 12.4. The number of carbonyl (C=O) groups is 1. The maximum absolute atomic E-state index is 12.4. The van der Waals surface area contributed by atoms with Crippen molar-refractivity contribution in [3.05, 3.63) is 24.4 Å². The highest BCUT2D eigenvalue weighted by Gasteiger charge is 2.20. The molecule has 0 aliphatic heterocycles. The van der Waals surface area contributed by atoms with Crippen LogP contribution in [0.15, 0.2) is 18.7 Å². The highest BCUT2D eigenvalue weighted by molar-refractivity contribution is 5.96. The molecule has 24 heavy (non-hydrogen) atoms. The molecule has 130 valence electrons. The molecule has 0 saturated heterocycles. The third kappa shape index (κ3) is 4.08. The minimum absolute atomic E-state index is 0.152. The van der Waals surface area contributed by atoms with Gasteiger partial charge in [0.2, 0.25) is 0 Å². The van der Waals surface area contributed by atoms with Crippen LogP contribution in [-0.2, 0) is 7.05 Å². The molecule has 1 fully saturated rings. The average Bonchev–Trinajstić information content (AvgIpc) is 3.04. The van der Waals surface area contributed by atoms with Gasteiger partial charge in [-0.05, 0) is 12.8 Å². The van der Waals surface area contributed by atoms with Crippen molar-refractivity contribution in [3.63, 3.8) is 0 Å². The number of nitrogens with zero attached hydrogens (tertiary/aromatic N) is 4. The van der Waals surface area contributed by atoms with Crippen molar-refractivity contribution in [1.82, 2.24) is 24.8 Å². The van der Waals surface area contributed by atoms with Crippen molar-refractivity contribution in [1.29, 1.82) is 0 Å². The Kier molecular flexibility index (Phi) is 6.25. The van der Waals surface area contributed by atoms with Crippen LogP contribution >= 0.6 is 0 Å². The van der Waals surface area contributed by atoms with Crippen LogP contribution < -0.4 is 11.1 Å². The normalized spacial score (nSPS) is 14.6. The number of amides is 1. The van der Waals surface area contributed by atoms with Crippen molar-refractivity contribution in [2.75, 3.05) is 12.8 Å². The van der Waals surface area contributed by atoms with E-state index in [0.717, 1.165) is 38.5 Å². The number of imidazole rings is 1. The Balaban J connectivity index is 0.00000100. The smallest absolute Gasteiger partial charge is 0.273 e. The Morgan fingerprint density at radius 1 is 1.29 bits per heavy atom. The predicted octanol–water partition coefficient (Wildman–Crippen LogP) is 1.13. The molecular formula is C16H24N6O2. The molecule has 0 spiro atoms. The lowest BCUT2D eigenvalue weighted by Crippen LogP contribution is -2.37. The van der Waals surface area contributed by atoms with Crippen LogP contribution in [-0.4, -0.2) is 43.7 Å². The molecule has 0 atom stereocenters. The fourth-order valence-electron chi connectivity index (χ4n) is 2.79. The lowest BCUT2D eigenvalue weighted by atomic mass is 9.95. The average molecular weight is 332 g/mol. The van der Waals surface area contributed by atoms with Crippen molar-refractivity contribution >= 4 is 11.7 Å². The van der Waals surface area contributed by atoms with Crippen molar-refractivity contribution in [3.8, 4) is 11.4 Å². The molecule has 0 bridgehead atoms. The third-order valence-electron chi connectivity index (χ3n) is 4.04. The van der Waals surface area contributed by atoms with Crippen molar-refractivity contribution < 1.29 is 9.90 Å². The van der Waals surface area contributed by atoms with Gasteiger partial charge in [0.25, 0.3) is 5.91 Å². The van der Waals surface area contributed by atoms with E-state index in [0.29, 0.717) is 5.69 Å². The fraction of sp³-hybridized carbons (Fsp3) is 0.500. The van der Waals surface area contributed by atoms with Crippen LogP contribution in [0.25, 0.3) is 11.4 Å². The van der Waals surface area contributed by atoms with Gasteiger partial charge in [-0.15, -0.1) is 0 Å². The first kappa shape index (κ1) is 17.9. The molecule has 8 heteroatoms. The van der Waals surface area contributed by atoms with E-state index in [1.807, 2.05) is 11.6 Å². The van der Waals surface area contributed by atoms with Crippen LogP contribution in [0.5, 0.6) is 0 Å². The first-order valence-corrected chi connectivity index (χ1v) is 8.00. The van der Waals surface area contributed by atoms with E-state index < -0.39 is 0 Å². The van der Waals surface area contributed by atoms with Gasteiger partial charge >= 0.3 is 0 Å². The molecule has 1 aliphatic rings. The standard InChI is InChI=1S/C15H20N6O.CH4O/c1-21-9-17-8-12(21)11-7-18-14(16)13(20-11)15(22)19-10-5-3-2-4-6-10;1-2/h7-10H,2-6H2,1H3,(H2,16,18)(H,19,22);2H,1H3. The summed E-state index contributed by atoms with van der Waals surface area (Å²) in [5.41, 5.74) is 7.39. The van der Waals surface area contributed by atoms with Crippen LogP contribution in [0.3, 0.4) is 0 Å². The highest BCUT2D eigenvalue weighted by Crippen LogP contribution is 2.20. The van der Waals surface area contributed by atoms with Gasteiger partial charge in [0.15, 0.2) is 11.5 Å². The molecule has 0 unspecified atom stereocenters. The molecule has 0 radical (unpaired) electrons. The molecule has 3 rings (SSSR count). The Hall–Kier alpha value is -2.48. The maximum Gasteiger partial charge on any atom is 0.273 e. The summed E-state index contributed by atoms with van der Waals surface area (Å²) < 4.78 is 1.82. The second-order valence-electron chi connectivity index (χ2n) is 5.69. The number of hydrogen-bond donors (Lipinski definition) is 3.